The van der Waals surface area contributed by atoms with Crippen LogP contribution in [-0.4, -0.2) is 33.2 Å². The number of benzene rings is 1. The average molecular weight is 270 g/mol. The Morgan fingerprint density at radius 3 is 2.50 bits per heavy atom. The van der Waals surface area contributed by atoms with Crippen molar-refractivity contribution < 1.29 is 13.2 Å². The second-order valence-corrected chi connectivity index (χ2v) is 5.91. The van der Waals surface area contributed by atoms with E-state index in [4.69, 9.17) is 0 Å². The van der Waals surface area contributed by atoms with E-state index in [1.54, 1.807) is 0 Å². The summed E-state index contributed by atoms with van der Waals surface area (Å²) in [7, 11) is -3.30. The molecule has 0 unspecified atom stereocenters. The van der Waals surface area contributed by atoms with E-state index < -0.39 is 10.0 Å². The van der Waals surface area contributed by atoms with E-state index in [9.17, 15) is 13.2 Å². The van der Waals surface area contributed by atoms with Crippen molar-refractivity contribution in [2.45, 2.75) is 13.3 Å². The number of carbonyl (C=O) groups is 1. The highest BCUT2D eigenvalue weighted by atomic mass is 32.2. The van der Waals surface area contributed by atoms with Gasteiger partial charge in [-0.05, 0) is 18.9 Å². The highest BCUT2D eigenvalue weighted by Gasteiger charge is 2.08. The Kier molecular flexibility index (Phi) is 5.80. The predicted molar refractivity (Wildman–Crippen MR) is 70.6 cm³/mol. The number of sulfonamides is 1. The molecule has 0 bridgehead atoms. The van der Waals surface area contributed by atoms with Crippen LogP contribution in [0.5, 0.6) is 0 Å². The Morgan fingerprint density at radius 1 is 1.22 bits per heavy atom. The SMILES string of the molecule is CCS(=O)(=O)NCC(=O)NCCc1ccccc1. The summed E-state index contributed by atoms with van der Waals surface area (Å²) in [5, 5.41) is 2.66. The molecular formula is C12H18N2O3S. The fourth-order valence-electron chi connectivity index (χ4n) is 1.33. The van der Waals surface area contributed by atoms with Crippen molar-refractivity contribution in [1.82, 2.24) is 10.0 Å². The lowest BCUT2D eigenvalue weighted by Crippen LogP contribution is -2.38. The number of hydrogen-bond donors (Lipinski definition) is 2. The van der Waals surface area contributed by atoms with Crippen LogP contribution in [0.15, 0.2) is 30.3 Å². The maximum absolute atomic E-state index is 11.4. The van der Waals surface area contributed by atoms with Crippen LogP contribution in [0, 0.1) is 0 Å². The van der Waals surface area contributed by atoms with Gasteiger partial charge in [-0.1, -0.05) is 30.3 Å². The highest BCUT2D eigenvalue weighted by molar-refractivity contribution is 7.89. The standard InChI is InChI=1S/C12H18N2O3S/c1-2-18(16,17)14-10-12(15)13-9-8-11-6-4-3-5-7-11/h3-7,14H,2,8-10H2,1H3,(H,13,15). The van der Waals surface area contributed by atoms with Crippen LogP contribution in [0.2, 0.25) is 0 Å². The van der Waals surface area contributed by atoms with Crippen LogP contribution in [0.3, 0.4) is 0 Å². The summed E-state index contributed by atoms with van der Waals surface area (Å²) in [5.41, 5.74) is 1.13. The van der Waals surface area contributed by atoms with Gasteiger partial charge in [0.25, 0.3) is 0 Å². The van der Waals surface area contributed by atoms with Gasteiger partial charge in [0.1, 0.15) is 0 Å². The van der Waals surface area contributed by atoms with Crippen LogP contribution < -0.4 is 10.0 Å². The van der Waals surface area contributed by atoms with Gasteiger partial charge in [0, 0.05) is 6.54 Å². The van der Waals surface area contributed by atoms with Gasteiger partial charge in [-0.2, -0.15) is 0 Å². The first-order valence-corrected chi connectivity index (χ1v) is 7.46. The molecule has 0 aliphatic heterocycles. The molecule has 0 aliphatic rings. The fourth-order valence-corrected chi connectivity index (χ4v) is 1.89. The quantitative estimate of drug-likeness (QED) is 0.747. The van der Waals surface area contributed by atoms with E-state index in [0.29, 0.717) is 6.54 Å². The van der Waals surface area contributed by atoms with E-state index in [2.05, 4.69) is 10.0 Å². The van der Waals surface area contributed by atoms with Crippen LogP contribution in [0.4, 0.5) is 0 Å². The summed E-state index contributed by atoms with van der Waals surface area (Å²) in [6.07, 6.45) is 0.729. The Hall–Kier alpha value is -1.40. The molecule has 0 fully saturated rings. The third-order valence-electron chi connectivity index (χ3n) is 2.41. The number of carbonyl (C=O) groups excluding carboxylic acids is 1. The molecule has 1 rings (SSSR count). The van der Waals surface area contributed by atoms with Gasteiger partial charge in [0.2, 0.25) is 15.9 Å². The van der Waals surface area contributed by atoms with E-state index in [0.717, 1.165) is 12.0 Å². The molecule has 1 amide bonds. The van der Waals surface area contributed by atoms with Crippen molar-refractivity contribution in [3.05, 3.63) is 35.9 Å². The van der Waals surface area contributed by atoms with Gasteiger partial charge >= 0.3 is 0 Å². The molecule has 0 spiro atoms. The number of amides is 1. The minimum atomic E-state index is -3.30. The lowest BCUT2D eigenvalue weighted by Gasteiger charge is -2.06. The number of rotatable bonds is 7. The molecule has 0 saturated heterocycles. The summed E-state index contributed by atoms with van der Waals surface area (Å²) in [6.45, 7) is 1.82. The van der Waals surface area contributed by atoms with Gasteiger partial charge in [-0.15, -0.1) is 0 Å². The molecule has 6 heteroatoms. The maximum Gasteiger partial charge on any atom is 0.235 e. The molecule has 5 nitrogen and oxygen atoms in total. The van der Waals surface area contributed by atoms with Crippen molar-refractivity contribution in [3.63, 3.8) is 0 Å². The second kappa shape index (κ2) is 7.13. The van der Waals surface area contributed by atoms with Gasteiger partial charge in [-0.25, -0.2) is 13.1 Å². The summed E-state index contributed by atoms with van der Waals surface area (Å²) in [6, 6.07) is 9.76. The molecule has 0 radical (unpaired) electrons. The van der Waals surface area contributed by atoms with E-state index in [-0.39, 0.29) is 18.2 Å². The van der Waals surface area contributed by atoms with Gasteiger partial charge in [0.05, 0.1) is 12.3 Å². The Labute approximate surface area is 108 Å². The first-order valence-electron chi connectivity index (χ1n) is 5.81. The lowest BCUT2D eigenvalue weighted by atomic mass is 10.1. The Bertz CT molecular complexity index is 471. The largest absolute Gasteiger partial charge is 0.355 e. The normalized spacial score (nSPS) is 11.2. The molecule has 1 aromatic rings. The van der Waals surface area contributed by atoms with Crippen molar-refractivity contribution in [2.24, 2.45) is 0 Å². The first-order chi connectivity index (χ1) is 8.53. The number of hydrogen-bond acceptors (Lipinski definition) is 3. The zero-order valence-corrected chi connectivity index (χ0v) is 11.2. The van der Waals surface area contributed by atoms with Crippen LogP contribution in [-0.2, 0) is 21.2 Å². The molecule has 0 aromatic heterocycles. The number of nitrogens with one attached hydrogen (secondary N) is 2. The lowest BCUT2D eigenvalue weighted by molar-refractivity contribution is -0.119. The van der Waals surface area contributed by atoms with E-state index in [1.165, 1.54) is 6.92 Å². The smallest absolute Gasteiger partial charge is 0.235 e. The van der Waals surface area contributed by atoms with E-state index >= 15 is 0 Å². The van der Waals surface area contributed by atoms with Crippen molar-refractivity contribution in [2.75, 3.05) is 18.8 Å². The van der Waals surface area contributed by atoms with Crippen LogP contribution in [0.25, 0.3) is 0 Å². The highest BCUT2D eigenvalue weighted by Crippen LogP contribution is 1.97. The van der Waals surface area contributed by atoms with Crippen LogP contribution in [0.1, 0.15) is 12.5 Å². The zero-order valence-electron chi connectivity index (χ0n) is 10.3. The Balaban J connectivity index is 2.22. The van der Waals surface area contributed by atoms with Gasteiger partial charge < -0.3 is 5.32 Å². The summed E-state index contributed by atoms with van der Waals surface area (Å²) in [5.74, 6) is -0.340. The summed E-state index contributed by atoms with van der Waals surface area (Å²) >= 11 is 0. The molecule has 0 aliphatic carbocycles. The molecule has 100 valence electrons. The molecule has 2 N–H and O–H groups in total. The minimum absolute atomic E-state index is 0.0235. The molecule has 0 heterocycles. The first kappa shape index (κ1) is 14.7. The van der Waals surface area contributed by atoms with Crippen molar-refractivity contribution in [3.8, 4) is 0 Å². The molecule has 1 aromatic carbocycles. The molecule has 0 atom stereocenters. The molecule has 18 heavy (non-hydrogen) atoms. The van der Waals surface area contributed by atoms with E-state index in [1.807, 2.05) is 30.3 Å². The summed E-state index contributed by atoms with van der Waals surface area (Å²) < 4.78 is 24.4. The van der Waals surface area contributed by atoms with Crippen molar-refractivity contribution >= 4 is 15.9 Å². The van der Waals surface area contributed by atoms with Gasteiger partial charge in [-0.3, -0.25) is 4.79 Å². The van der Waals surface area contributed by atoms with Crippen LogP contribution >= 0.6 is 0 Å². The second-order valence-electron chi connectivity index (χ2n) is 3.81. The summed E-state index contributed by atoms with van der Waals surface area (Å²) in [4.78, 5) is 11.4. The maximum atomic E-state index is 11.4. The van der Waals surface area contributed by atoms with Gasteiger partial charge in [0.15, 0.2) is 0 Å². The molecular weight excluding hydrogens is 252 g/mol. The zero-order chi connectivity index (χ0) is 13.4. The third kappa shape index (κ3) is 5.79. The topological polar surface area (TPSA) is 75.3 Å². The average Bonchev–Trinajstić information content (AvgIpc) is 2.38. The molecule has 0 saturated carbocycles. The monoisotopic (exact) mass is 270 g/mol. The third-order valence-corrected chi connectivity index (χ3v) is 3.76. The van der Waals surface area contributed by atoms with Crippen molar-refractivity contribution in [1.29, 1.82) is 0 Å². The predicted octanol–water partition coefficient (Wildman–Crippen LogP) is 0.285. The fraction of sp³-hybridized carbons (Fsp3) is 0.417. The minimum Gasteiger partial charge on any atom is -0.355 e. The Morgan fingerprint density at radius 2 is 1.89 bits per heavy atom.